The van der Waals surface area contributed by atoms with Gasteiger partial charge in [0, 0.05) is 13.1 Å². The van der Waals surface area contributed by atoms with E-state index in [9.17, 15) is 4.79 Å². The molecule has 1 N–H and O–H groups in total. The van der Waals surface area contributed by atoms with Gasteiger partial charge in [0.2, 0.25) is 0 Å². The molecule has 1 rings (SSSR count). The van der Waals surface area contributed by atoms with Gasteiger partial charge in [0.15, 0.2) is 0 Å². The molecule has 78 valence electrons. The van der Waals surface area contributed by atoms with Crippen molar-refractivity contribution in [1.82, 2.24) is 4.90 Å². The van der Waals surface area contributed by atoms with E-state index in [0.717, 1.165) is 0 Å². The molecule has 0 saturated carbocycles. The largest absolute Gasteiger partial charge is 0.480 e. The van der Waals surface area contributed by atoms with Crippen molar-refractivity contribution in [1.29, 1.82) is 5.26 Å². The lowest BCUT2D eigenvalue weighted by Gasteiger charge is -2.34. The molecule has 1 heterocycles. The number of nitriles is 1. The third-order valence-corrected chi connectivity index (χ3v) is 2.39. The fourth-order valence-corrected chi connectivity index (χ4v) is 1.48. The monoisotopic (exact) mass is 198 g/mol. The molecule has 0 spiro atoms. The number of hydrogen-bond acceptors (Lipinski definition) is 4. The molecule has 1 saturated heterocycles. The lowest BCUT2D eigenvalue weighted by atomic mass is 10.2. The highest BCUT2D eigenvalue weighted by atomic mass is 16.5. The van der Waals surface area contributed by atoms with E-state index < -0.39 is 12.0 Å². The van der Waals surface area contributed by atoms with Gasteiger partial charge in [0.1, 0.15) is 6.04 Å². The molecule has 2 unspecified atom stereocenters. The number of morpholine rings is 1. The third-order valence-electron chi connectivity index (χ3n) is 2.39. The van der Waals surface area contributed by atoms with E-state index in [1.165, 1.54) is 0 Å². The third kappa shape index (κ3) is 2.69. The average molecular weight is 198 g/mol. The molecule has 0 aromatic heterocycles. The van der Waals surface area contributed by atoms with Crippen LogP contribution in [0, 0.1) is 11.3 Å². The van der Waals surface area contributed by atoms with Crippen molar-refractivity contribution in [3.63, 3.8) is 0 Å². The van der Waals surface area contributed by atoms with Crippen molar-refractivity contribution in [2.45, 2.75) is 25.5 Å². The number of hydrogen-bond donors (Lipinski definition) is 1. The Kier molecular flexibility index (Phi) is 3.86. The van der Waals surface area contributed by atoms with Crippen LogP contribution in [0.2, 0.25) is 0 Å². The summed E-state index contributed by atoms with van der Waals surface area (Å²) in [6.45, 7) is 3.30. The van der Waals surface area contributed by atoms with Gasteiger partial charge in [-0.25, -0.2) is 0 Å². The summed E-state index contributed by atoms with van der Waals surface area (Å²) in [5.41, 5.74) is 0. The molecule has 5 nitrogen and oxygen atoms in total. The Bertz CT molecular complexity index is 249. The minimum absolute atomic E-state index is 0.143. The number of nitrogens with zero attached hydrogens (tertiary/aromatic N) is 2. The Morgan fingerprint density at radius 1 is 1.86 bits per heavy atom. The molecule has 1 aliphatic rings. The summed E-state index contributed by atoms with van der Waals surface area (Å²) in [5, 5.41) is 17.3. The van der Waals surface area contributed by atoms with Gasteiger partial charge < -0.3 is 9.84 Å². The normalized spacial score (nSPS) is 25.3. The summed E-state index contributed by atoms with van der Waals surface area (Å²) in [6.07, 6.45) is 0.179. The molecule has 1 aliphatic heterocycles. The van der Waals surface area contributed by atoms with Gasteiger partial charge in [-0.15, -0.1) is 0 Å². The maximum Gasteiger partial charge on any atom is 0.320 e. The van der Waals surface area contributed by atoms with Crippen molar-refractivity contribution in [3.8, 4) is 6.07 Å². The number of carboxylic acids is 1. The Hall–Kier alpha value is -1.12. The summed E-state index contributed by atoms with van der Waals surface area (Å²) in [5.74, 6) is -0.831. The molecular formula is C9H14N2O3. The second kappa shape index (κ2) is 4.94. The van der Waals surface area contributed by atoms with E-state index in [1.807, 2.05) is 11.0 Å². The SMILES string of the molecule is CC(C(=O)O)N1CCOC(CC#N)C1. The molecule has 5 heteroatoms. The van der Waals surface area contributed by atoms with E-state index in [1.54, 1.807) is 6.92 Å². The lowest BCUT2D eigenvalue weighted by molar-refractivity contribution is -0.145. The summed E-state index contributed by atoms with van der Waals surface area (Å²) >= 11 is 0. The minimum Gasteiger partial charge on any atom is -0.480 e. The number of carboxylic acid groups (broad SMARTS) is 1. The van der Waals surface area contributed by atoms with Crippen molar-refractivity contribution < 1.29 is 14.6 Å². The highest BCUT2D eigenvalue weighted by Gasteiger charge is 2.27. The molecule has 0 aromatic carbocycles. The van der Waals surface area contributed by atoms with Crippen LogP contribution in [0.1, 0.15) is 13.3 Å². The predicted molar refractivity (Wildman–Crippen MR) is 48.6 cm³/mol. The van der Waals surface area contributed by atoms with Crippen LogP contribution >= 0.6 is 0 Å². The van der Waals surface area contributed by atoms with E-state index in [0.29, 0.717) is 26.1 Å². The van der Waals surface area contributed by atoms with Gasteiger partial charge in [-0.2, -0.15) is 5.26 Å². The molecular weight excluding hydrogens is 184 g/mol. The van der Waals surface area contributed by atoms with Crippen molar-refractivity contribution >= 4 is 5.97 Å². The van der Waals surface area contributed by atoms with Crippen LogP contribution in [0.5, 0.6) is 0 Å². The maximum absolute atomic E-state index is 10.7. The smallest absolute Gasteiger partial charge is 0.320 e. The summed E-state index contributed by atoms with van der Waals surface area (Å²) < 4.78 is 5.32. The highest BCUT2D eigenvalue weighted by molar-refractivity contribution is 5.72. The average Bonchev–Trinajstić information content (AvgIpc) is 2.17. The highest BCUT2D eigenvalue weighted by Crippen LogP contribution is 2.11. The number of ether oxygens (including phenoxy) is 1. The standard InChI is InChI=1S/C9H14N2O3/c1-7(9(12)13)11-4-5-14-8(6-11)2-3-10/h7-8H,2,4-6H2,1H3,(H,12,13). The first-order valence-electron chi connectivity index (χ1n) is 4.60. The van der Waals surface area contributed by atoms with E-state index in [2.05, 4.69) is 0 Å². The molecule has 0 amide bonds. The van der Waals surface area contributed by atoms with Gasteiger partial charge in [-0.05, 0) is 6.92 Å². The summed E-state index contributed by atoms with van der Waals surface area (Å²) in [6, 6.07) is 1.53. The Morgan fingerprint density at radius 2 is 2.57 bits per heavy atom. The molecule has 0 aliphatic carbocycles. The zero-order valence-corrected chi connectivity index (χ0v) is 8.14. The van der Waals surface area contributed by atoms with Gasteiger partial charge >= 0.3 is 5.97 Å². The number of rotatable bonds is 3. The fourth-order valence-electron chi connectivity index (χ4n) is 1.48. The number of carbonyl (C=O) groups is 1. The van der Waals surface area contributed by atoms with E-state index in [4.69, 9.17) is 15.1 Å². The van der Waals surface area contributed by atoms with Crippen LogP contribution in [-0.2, 0) is 9.53 Å². The van der Waals surface area contributed by atoms with Crippen LogP contribution in [0.25, 0.3) is 0 Å². The van der Waals surface area contributed by atoms with Crippen LogP contribution in [0.4, 0.5) is 0 Å². The Morgan fingerprint density at radius 3 is 3.14 bits per heavy atom. The van der Waals surface area contributed by atoms with Crippen LogP contribution in [-0.4, -0.2) is 47.8 Å². The Labute approximate surface area is 82.9 Å². The first-order chi connectivity index (χ1) is 6.65. The van der Waals surface area contributed by atoms with Crippen molar-refractivity contribution in [2.75, 3.05) is 19.7 Å². The van der Waals surface area contributed by atoms with Crippen LogP contribution in [0.3, 0.4) is 0 Å². The molecule has 0 radical (unpaired) electrons. The Balaban J connectivity index is 2.48. The molecule has 2 atom stereocenters. The second-order valence-electron chi connectivity index (χ2n) is 3.36. The van der Waals surface area contributed by atoms with Crippen LogP contribution in [0.15, 0.2) is 0 Å². The minimum atomic E-state index is -0.831. The summed E-state index contributed by atoms with van der Waals surface area (Å²) in [7, 11) is 0. The topological polar surface area (TPSA) is 73.6 Å². The molecule has 1 fully saturated rings. The first kappa shape index (κ1) is 11.0. The van der Waals surface area contributed by atoms with Gasteiger partial charge in [-0.1, -0.05) is 0 Å². The maximum atomic E-state index is 10.7. The van der Waals surface area contributed by atoms with Gasteiger partial charge in [0.25, 0.3) is 0 Å². The molecule has 0 aromatic rings. The first-order valence-corrected chi connectivity index (χ1v) is 4.60. The van der Waals surface area contributed by atoms with Crippen molar-refractivity contribution in [2.24, 2.45) is 0 Å². The predicted octanol–water partition coefficient (Wildman–Crippen LogP) is 0.0740. The van der Waals surface area contributed by atoms with Gasteiger partial charge in [-0.3, -0.25) is 9.69 Å². The van der Waals surface area contributed by atoms with Gasteiger partial charge in [0.05, 0.1) is 25.2 Å². The zero-order chi connectivity index (χ0) is 10.6. The molecule has 14 heavy (non-hydrogen) atoms. The quantitative estimate of drug-likeness (QED) is 0.694. The summed E-state index contributed by atoms with van der Waals surface area (Å²) in [4.78, 5) is 12.5. The molecule has 0 bridgehead atoms. The fraction of sp³-hybridized carbons (Fsp3) is 0.778. The van der Waals surface area contributed by atoms with E-state index in [-0.39, 0.29) is 6.10 Å². The zero-order valence-electron chi connectivity index (χ0n) is 8.14. The lowest BCUT2D eigenvalue weighted by Crippen LogP contribution is -2.49. The van der Waals surface area contributed by atoms with E-state index >= 15 is 0 Å². The van der Waals surface area contributed by atoms with Crippen LogP contribution < -0.4 is 0 Å². The second-order valence-corrected chi connectivity index (χ2v) is 3.36. The number of aliphatic carboxylic acids is 1. The van der Waals surface area contributed by atoms with Crippen molar-refractivity contribution in [3.05, 3.63) is 0 Å².